The average molecular weight is 266 g/mol. The number of nitrogens with zero attached hydrogens (tertiary/aromatic N) is 1. The van der Waals surface area contributed by atoms with Crippen molar-refractivity contribution < 1.29 is 12.0 Å². The first kappa shape index (κ1) is 9.15. The Kier molecular flexibility index (Phi) is 2.92. The van der Waals surface area contributed by atoms with Crippen LogP contribution in [0.25, 0.3) is 0 Å². The lowest BCUT2D eigenvalue weighted by molar-refractivity contribution is -0.0277. The zero-order valence-corrected chi connectivity index (χ0v) is 11.8. The van der Waals surface area contributed by atoms with Crippen LogP contribution in [0.5, 0.6) is 0 Å². The van der Waals surface area contributed by atoms with Gasteiger partial charge in [0.05, 0.1) is 5.60 Å². The van der Waals surface area contributed by atoms with Crippen LogP contribution in [-0.4, -0.2) is 36.1 Å². The van der Waals surface area contributed by atoms with Crippen molar-refractivity contribution in [2.45, 2.75) is 50.5 Å². The third kappa shape index (κ3) is 3.58. The topological polar surface area (TPSA) is 23.5 Å². The molecule has 0 aromatic heterocycles. The third-order valence-corrected chi connectivity index (χ3v) is 3.99. The summed E-state index contributed by atoms with van der Waals surface area (Å²) in [5.74, 6) is -0.920. The minimum atomic E-state index is -2.57. The molecule has 0 radical (unpaired) electrons. The highest BCUT2D eigenvalue weighted by Gasteiger charge is 2.38. The zero-order valence-electron chi connectivity index (χ0n) is 16.8. The zero-order chi connectivity index (χ0) is 18.2. The summed E-state index contributed by atoms with van der Waals surface area (Å²) >= 11 is 0. The van der Waals surface area contributed by atoms with Crippen molar-refractivity contribution >= 4 is 0 Å². The smallest absolute Gasteiger partial charge is 0.0728 e. The Balaban J connectivity index is 2.51. The van der Waals surface area contributed by atoms with E-state index in [-0.39, 0.29) is 0 Å². The Labute approximate surface area is 124 Å². The number of hydrogen-bond donors (Lipinski definition) is 1. The molecule has 0 amide bonds. The molecule has 1 aromatic carbocycles. The van der Waals surface area contributed by atoms with Gasteiger partial charge in [-0.1, -0.05) is 49.1 Å². The molecule has 1 N–H and O–H groups in total. The fourth-order valence-corrected chi connectivity index (χ4v) is 2.91. The molecule has 1 atom stereocenters. The predicted octanol–water partition coefficient (Wildman–Crippen LogP) is 3.34. The highest BCUT2D eigenvalue weighted by Crippen LogP contribution is 2.40. The summed E-state index contributed by atoms with van der Waals surface area (Å²) in [6, 6.07) is 7.36. The Morgan fingerprint density at radius 1 is 1.32 bits per heavy atom. The van der Waals surface area contributed by atoms with Crippen LogP contribution in [0.2, 0.25) is 0 Å². The molecule has 0 aliphatic heterocycles. The van der Waals surface area contributed by atoms with Crippen molar-refractivity contribution in [3.63, 3.8) is 0 Å². The molecule has 2 heteroatoms. The average Bonchev–Trinajstić information content (AvgIpc) is 2.48. The van der Waals surface area contributed by atoms with Crippen molar-refractivity contribution in [2.75, 3.05) is 20.5 Å². The molecule has 1 fully saturated rings. The molecule has 0 bridgehead atoms. The molecular weight excluding hydrogens is 234 g/mol. The van der Waals surface area contributed by atoms with Gasteiger partial charge in [-0.2, -0.15) is 0 Å². The summed E-state index contributed by atoms with van der Waals surface area (Å²) in [7, 11) is 1.26. The normalized spacial score (nSPS) is 25.8. The van der Waals surface area contributed by atoms with Gasteiger partial charge in [-0.05, 0) is 39.4 Å². The fourth-order valence-electron chi connectivity index (χ4n) is 2.91. The van der Waals surface area contributed by atoms with Gasteiger partial charge in [-0.15, -0.1) is 0 Å². The van der Waals surface area contributed by atoms with Gasteiger partial charge in [0.2, 0.25) is 0 Å². The first-order chi connectivity index (χ1) is 11.0. The van der Waals surface area contributed by atoms with Gasteiger partial charge in [0.1, 0.15) is 0 Å². The van der Waals surface area contributed by atoms with Crippen LogP contribution in [-0.2, 0) is 0 Å². The Bertz CT molecular complexity index is 549. The highest BCUT2D eigenvalue weighted by molar-refractivity contribution is 5.27. The van der Waals surface area contributed by atoms with Crippen molar-refractivity contribution in [3.8, 4) is 0 Å². The van der Waals surface area contributed by atoms with E-state index in [1.807, 2.05) is 19.1 Å². The lowest BCUT2D eigenvalue weighted by Gasteiger charge is -2.40. The van der Waals surface area contributed by atoms with Gasteiger partial charge in [-0.25, -0.2) is 0 Å². The summed E-state index contributed by atoms with van der Waals surface area (Å²) < 4.78 is 39.9. The summed E-state index contributed by atoms with van der Waals surface area (Å²) in [6.07, 6.45) is 3.64. The van der Waals surface area contributed by atoms with Gasteiger partial charge in [0.25, 0.3) is 0 Å². The van der Waals surface area contributed by atoms with Crippen molar-refractivity contribution in [1.29, 1.82) is 0 Å². The van der Waals surface area contributed by atoms with Crippen LogP contribution >= 0.6 is 0 Å². The molecule has 106 valence electrons. The number of aliphatic hydroxyl groups is 1. The molecule has 1 unspecified atom stereocenters. The second kappa shape index (κ2) is 6.06. The largest absolute Gasteiger partial charge is 0.389 e. The molecule has 1 aliphatic carbocycles. The fraction of sp³-hybridized carbons (Fsp3) is 0.647. The minimum absolute atomic E-state index is 0.486. The van der Waals surface area contributed by atoms with E-state index in [0.29, 0.717) is 18.4 Å². The molecule has 2 rings (SSSR count). The maximum absolute atomic E-state index is 11.3. The monoisotopic (exact) mass is 266 g/mol. The molecule has 1 aliphatic rings. The number of likely N-dealkylation sites (N-methyl/N-ethyl adjacent to an activating group) is 1. The Hall–Kier alpha value is -0.860. The van der Waals surface area contributed by atoms with E-state index in [0.717, 1.165) is 29.7 Å². The molecule has 1 saturated carbocycles. The summed E-state index contributed by atoms with van der Waals surface area (Å²) in [4.78, 5) is 0.775. The molecule has 0 heterocycles. The van der Waals surface area contributed by atoms with E-state index in [9.17, 15) is 5.11 Å². The standard InChI is InChI=1S/C17H27NO/c1-14-7-9-15(10-8-14)16(13-18(2)3)17(19)11-5-4-6-12-17/h7-10,16,19H,4-6,11-13H2,1-3H3/i2D3,13D2. The van der Waals surface area contributed by atoms with Crippen LogP contribution in [0.15, 0.2) is 24.3 Å². The lowest BCUT2D eigenvalue weighted by atomic mass is 9.72. The maximum Gasteiger partial charge on any atom is 0.0728 e. The predicted molar refractivity (Wildman–Crippen MR) is 80.5 cm³/mol. The summed E-state index contributed by atoms with van der Waals surface area (Å²) in [5.41, 5.74) is 0.445. The molecule has 0 spiro atoms. The number of aryl methyl sites for hydroxylation is 1. The summed E-state index contributed by atoms with van der Waals surface area (Å²) in [5, 5.41) is 11.3. The van der Waals surface area contributed by atoms with Crippen LogP contribution in [0.4, 0.5) is 0 Å². The number of rotatable bonds is 4. The third-order valence-electron chi connectivity index (χ3n) is 3.99. The van der Waals surface area contributed by atoms with Crippen LogP contribution in [0, 0.1) is 6.92 Å². The molecule has 0 saturated heterocycles. The molecule has 2 nitrogen and oxygen atoms in total. The number of benzene rings is 1. The number of hydrogen-bond acceptors (Lipinski definition) is 2. The lowest BCUT2D eigenvalue weighted by Crippen LogP contribution is -2.42. The van der Waals surface area contributed by atoms with E-state index in [4.69, 9.17) is 6.85 Å². The maximum atomic E-state index is 11.3. The second-order valence-electron chi connectivity index (χ2n) is 5.70. The molecule has 19 heavy (non-hydrogen) atoms. The first-order valence-corrected chi connectivity index (χ1v) is 7.01. The minimum Gasteiger partial charge on any atom is -0.389 e. The second-order valence-corrected chi connectivity index (χ2v) is 5.70. The van der Waals surface area contributed by atoms with Gasteiger partial charge >= 0.3 is 0 Å². The van der Waals surface area contributed by atoms with Gasteiger partial charge < -0.3 is 10.0 Å². The first-order valence-electron chi connectivity index (χ1n) is 9.51. The van der Waals surface area contributed by atoms with Crippen LogP contribution in [0.3, 0.4) is 0 Å². The molecule has 1 aromatic rings. The van der Waals surface area contributed by atoms with Crippen LogP contribution < -0.4 is 0 Å². The Morgan fingerprint density at radius 3 is 2.53 bits per heavy atom. The van der Waals surface area contributed by atoms with E-state index >= 15 is 0 Å². The van der Waals surface area contributed by atoms with Gasteiger partial charge in [0.15, 0.2) is 0 Å². The summed E-state index contributed by atoms with van der Waals surface area (Å²) in [6.45, 7) is -2.83. The van der Waals surface area contributed by atoms with Crippen molar-refractivity contribution in [1.82, 2.24) is 4.90 Å². The van der Waals surface area contributed by atoms with E-state index in [2.05, 4.69) is 0 Å². The van der Waals surface area contributed by atoms with Crippen molar-refractivity contribution in [2.24, 2.45) is 0 Å². The van der Waals surface area contributed by atoms with Crippen LogP contribution in [0.1, 0.15) is 56.0 Å². The van der Waals surface area contributed by atoms with Gasteiger partial charge in [0, 0.05) is 19.3 Å². The van der Waals surface area contributed by atoms with Crippen molar-refractivity contribution in [3.05, 3.63) is 35.4 Å². The van der Waals surface area contributed by atoms with E-state index < -0.39 is 25.0 Å². The molecular formula is C17H27NO. The SMILES string of the molecule is [2H]C([2H])([2H])N(C)C([2H])([2H])C(c1ccc(C)cc1)C1(O)CCCCC1. The van der Waals surface area contributed by atoms with Gasteiger partial charge in [-0.3, -0.25) is 0 Å². The van der Waals surface area contributed by atoms with E-state index in [1.54, 1.807) is 12.1 Å². The van der Waals surface area contributed by atoms with E-state index in [1.165, 1.54) is 7.05 Å². The quantitative estimate of drug-likeness (QED) is 0.903. The Morgan fingerprint density at radius 2 is 1.95 bits per heavy atom. The highest BCUT2D eigenvalue weighted by atomic mass is 16.3.